The van der Waals surface area contributed by atoms with E-state index in [0.717, 1.165) is 17.9 Å². The zero-order valence-corrected chi connectivity index (χ0v) is 13.2. The van der Waals surface area contributed by atoms with Gasteiger partial charge in [-0.3, -0.25) is 0 Å². The fourth-order valence-corrected chi connectivity index (χ4v) is 2.46. The Hall–Kier alpha value is -1.47. The summed E-state index contributed by atoms with van der Waals surface area (Å²) in [6.07, 6.45) is 2.25. The molecule has 1 nitrogen and oxygen atoms in total. The zero-order valence-electron chi connectivity index (χ0n) is 12.4. The average Bonchev–Trinajstić information content (AvgIpc) is 2.43. The predicted octanol–water partition coefficient (Wildman–Crippen LogP) is 5.91. The van der Waals surface area contributed by atoms with Crippen LogP contribution in [0.3, 0.4) is 0 Å². The molecule has 1 N–H and O–H groups in total. The van der Waals surface area contributed by atoms with E-state index in [1.54, 1.807) is 0 Å². The number of aryl methyl sites for hydroxylation is 2. The Labute approximate surface area is 127 Å². The van der Waals surface area contributed by atoms with E-state index in [1.165, 1.54) is 22.4 Å². The van der Waals surface area contributed by atoms with Crippen molar-refractivity contribution in [3.05, 3.63) is 64.2 Å². The molecule has 1 atom stereocenters. The van der Waals surface area contributed by atoms with Gasteiger partial charge < -0.3 is 5.32 Å². The van der Waals surface area contributed by atoms with Crippen LogP contribution in [-0.2, 0) is 0 Å². The van der Waals surface area contributed by atoms with Gasteiger partial charge in [-0.05, 0) is 61.2 Å². The lowest BCUT2D eigenvalue weighted by Crippen LogP contribution is -2.10. The third-order valence-corrected chi connectivity index (χ3v) is 3.95. The van der Waals surface area contributed by atoms with Crippen LogP contribution in [0.25, 0.3) is 0 Å². The first-order valence-electron chi connectivity index (χ1n) is 7.19. The zero-order chi connectivity index (χ0) is 14.5. The summed E-state index contributed by atoms with van der Waals surface area (Å²) in [5.74, 6) is 0. The fourth-order valence-electron chi connectivity index (χ4n) is 2.34. The molecule has 0 aliphatic carbocycles. The molecule has 0 aliphatic heterocycles. The Bertz CT molecular complexity index is 560. The van der Waals surface area contributed by atoms with Crippen LogP contribution in [0.5, 0.6) is 0 Å². The number of benzene rings is 2. The summed E-state index contributed by atoms with van der Waals surface area (Å²) in [5.41, 5.74) is 5.12. The van der Waals surface area contributed by atoms with Gasteiger partial charge in [-0.15, -0.1) is 0 Å². The number of anilines is 1. The molecule has 0 fully saturated rings. The summed E-state index contributed by atoms with van der Waals surface area (Å²) in [6.45, 7) is 6.50. The van der Waals surface area contributed by atoms with Crippen LogP contribution >= 0.6 is 11.6 Å². The highest BCUT2D eigenvalue weighted by molar-refractivity contribution is 6.30. The van der Waals surface area contributed by atoms with E-state index in [1.807, 2.05) is 12.1 Å². The maximum Gasteiger partial charge on any atom is 0.0513 e. The summed E-state index contributed by atoms with van der Waals surface area (Å²) < 4.78 is 0. The van der Waals surface area contributed by atoms with Crippen LogP contribution in [0.4, 0.5) is 5.69 Å². The lowest BCUT2D eigenvalue weighted by atomic mass is 10.0. The standard InChI is InChI=1S/C18H22ClN/c1-4-5-18(15-7-9-16(19)10-8-15)20-17-11-6-13(2)14(3)12-17/h6-12,18,20H,4-5H2,1-3H3. The summed E-state index contributed by atoms with van der Waals surface area (Å²) in [6, 6.07) is 15.0. The minimum Gasteiger partial charge on any atom is -0.378 e. The van der Waals surface area contributed by atoms with E-state index in [2.05, 4.69) is 56.4 Å². The number of hydrogen-bond acceptors (Lipinski definition) is 1. The quantitative estimate of drug-likeness (QED) is 0.721. The number of rotatable bonds is 5. The lowest BCUT2D eigenvalue weighted by Gasteiger charge is -2.20. The molecule has 106 valence electrons. The van der Waals surface area contributed by atoms with E-state index in [9.17, 15) is 0 Å². The Morgan fingerprint density at radius 1 is 1.00 bits per heavy atom. The molecule has 0 saturated heterocycles. The normalized spacial score (nSPS) is 12.2. The second kappa shape index (κ2) is 6.81. The molecule has 0 saturated carbocycles. The molecule has 0 aromatic heterocycles. The van der Waals surface area contributed by atoms with Crippen molar-refractivity contribution < 1.29 is 0 Å². The van der Waals surface area contributed by atoms with Crippen LogP contribution in [-0.4, -0.2) is 0 Å². The Kier molecular flexibility index (Phi) is 5.08. The first-order chi connectivity index (χ1) is 9.60. The molecule has 0 spiro atoms. The third kappa shape index (κ3) is 3.77. The van der Waals surface area contributed by atoms with Crippen molar-refractivity contribution in [2.24, 2.45) is 0 Å². The smallest absolute Gasteiger partial charge is 0.0513 e. The van der Waals surface area contributed by atoms with Crippen LogP contribution in [0.1, 0.15) is 42.5 Å². The summed E-state index contributed by atoms with van der Waals surface area (Å²) in [5, 5.41) is 4.43. The van der Waals surface area contributed by atoms with Gasteiger partial charge in [0.1, 0.15) is 0 Å². The first-order valence-corrected chi connectivity index (χ1v) is 7.57. The fraction of sp³-hybridized carbons (Fsp3) is 0.333. The van der Waals surface area contributed by atoms with Gasteiger partial charge in [0.25, 0.3) is 0 Å². The van der Waals surface area contributed by atoms with Crippen molar-refractivity contribution in [1.82, 2.24) is 0 Å². The van der Waals surface area contributed by atoms with E-state index in [4.69, 9.17) is 11.6 Å². The first kappa shape index (κ1) is 14.9. The van der Waals surface area contributed by atoms with Crippen molar-refractivity contribution in [2.75, 3.05) is 5.32 Å². The highest BCUT2D eigenvalue weighted by Gasteiger charge is 2.10. The summed E-state index contributed by atoms with van der Waals surface area (Å²) in [7, 11) is 0. The van der Waals surface area contributed by atoms with Crippen molar-refractivity contribution in [3.63, 3.8) is 0 Å². The molecule has 0 radical (unpaired) electrons. The van der Waals surface area contributed by atoms with Gasteiger partial charge in [0.2, 0.25) is 0 Å². The maximum absolute atomic E-state index is 5.97. The Morgan fingerprint density at radius 2 is 1.70 bits per heavy atom. The lowest BCUT2D eigenvalue weighted by molar-refractivity contribution is 0.677. The minimum absolute atomic E-state index is 0.333. The molecule has 2 aromatic rings. The van der Waals surface area contributed by atoms with E-state index >= 15 is 0 Å². The Balaban J connectivity index is 2.20. The van der Waals surface area contributed by atoms with Gasteiger partial charge >= 0.3 is 0 Å². The molecule has 2 rings (SSSR count). The van der Waals surface area contributed by atoms with Gasteiger partial charge in [0.05, 0.1) is 6.04 Å². The molecule has 20 heavy (non-hydrogen) atoms. The molecular weight excluding hydrogens is 266 g/mol. The van der Waals surface area contributed by atoms with E-state index in [0.29, 0.717) is 6.04 Å². The van der Waals surface area contributed by atoms with E-state index < -0.39 is 0 Å². The van der Waals surface area contributed by atoms with Gasteiger partial charge in [-0.1, -0.05) is 43.1 Å². The van der Waals surface area contributed by atoms with Crippen LogP contribution in [0.2, 0.25) is 5.02 Å². The molecule has 0 bridgehead atoms. The van der Waals surface area contributed by atoms with Crippen LogP contribution in [0, 0.1) is 13.8 Å². The highest BCUT2D eigenvalue weighted by Crippen LogP contribution is 2.26. The van der Waals surface area contributed by atoms with Crippen molar-refractivity contribution in [1.29, 1.82) is 0 Å². The second-order valence-corrected chi connectivity index (χ2v) is 5.77. The summed E-state index contributed by atoms with van der Waals surface area (Å²) in [4.78, 5) is 0. The van der Waals surface area contributed by atoms with Gasteiger partial charge in [0.15, 0.2) is 0 Å². The molecule has 2 aromatic carbocycles. The van der Waals surface area contributed by atoms with Crippen LogP contribution < -0.4 is 5.32 Å². The SMILES string of the molecule is CCCC(Nc1ccc(C)c(C)c1)c1ccc(Cl)cc1. The van der Waals surface area contributed by atoms with Crippen molar-refractivity contribution >= 4 is 17.3 Å². The van der Waals surface area contributed by atoms with Gasteiger partial charge in [-0.25, -0.2) is 0 Å². The molecule has 0 heterocycles. The maximum atomic E-state index is 5.97. The van der Waals surface area contributed by atoms with Crippen molar-refractivity contribution in [2.45, 2.75) is 39.7 Å². The average molecular weight is 288 g/mol. The number of halogens is 1. The third-order valence-electron chi connectivity index (χ3n) is 3.70. The summed E-state index contributed by atoms with van der Waals surface area (Å²) >= 11 is 5.97. The van der Waals surface area contributed by atoms with Gasteiger partial charge in [0, 0.05) is 10.7 Å². The second-order valence-electron chi connectivity index (χ2n) is 5.34. The van der Waals surface area contributed by atoms with Crippen LogP contribution in [0.15, 0.2) is 42.5 Å². The minimum atomic E-state index is 0.333. The van der Waals surface area contributed by atoms with Gasteiger partial charge in [-0.2, -0.15) is 0 Å². The number of nitrogens with one attached hydrogen (secondary N) is 1. The molecular formula is C18H22ClN. The molecule has 1 unspecified atom stereocenters. The van der Waals surface area contributed by atoms with Crippen molar-refractivity contribution in [3.8, 4) is 0 Å². The highest BCUT2D eigenvalue weighted by atomic mass is 35.5. The molecule has 2 heteroatoms. The number of hydrogen-bond donors (Lipinski definition) is 1. The molecule has 0 amide bonds. The monoisotopic (exact) mass is 287 g/mol. The molecule has 0 aliphatic rings. The largest absolute Gasteiger partial charge is 0.378 e. The Morgan fingerprint density at radius 3 is 2.30 bits per heavy atom. The predicted molar refractivity (Wildman–Crippen MR) is 88.6 cm³/mol. The van der Waals surface area contributed by atoms with E-state index in [-0.39, 0.29) is 0 Å². The topological polar surface area (TPSA) is 12.0 Å².